The first-order chi connectivity index (χ1) is 11.7. The van der Waals surface area contributed by atoms with Crippen LogP contribution in [0.25, 0.3) is 0 Å². The average Bonchev–Trinajstić information content (AvgIpc) is 3.20. The first kappa shape index (κ1) is 18.9. The number of aliphatic imine (C=N–C) groups is 1. The van der Waals surface area contributed by atoms with E-state index in [1.54, 1.807) is 11.3 Å². The Hall–Kier alpha value is -1.40. The lowest BCUT2D eigenvalue weighted by Crippen LogP contribution is -2.38. The second-order valence-electron chi connectivity index (χ2n) is 6.02. The SMILES string of the molecule is CCNC(=NCC(C)Cc1cccs1)NCCCc1nc(C)cs1. The number of nitrogens with one attached hydrogen (secondary N) is 2. The van der Waals surface area contributed by atoms with Gasteiger partial charge in [-0.25, -0.2) is 4.98 Å². The Morgan fingerprint density at radius 3 is 2.88 bits per heavy atom. The molecule has 1 unspecified atom stereocenters. The van der Waals surface area contributed by atoms with Crippen molar-refractivity contribution in [3.63, 3.8) is 0 Å². The van der Waals surface area contributed by atoms with Gasteiger partial charge in [0.15, 0.2) is 5.96 Å². The van der Waals surface area contributed by atoms with E-state index in [-0.39, 0.29) is 0 Å². The zero-order valence-corrected chi connectivity index (χ0v) is 16.5. The lowest BCUT2D eigenvalue weighted by Gasteiger charge is -2.13. The highest BCUT2D eigenvalue weighted by molar-refractivity contribution is 7.10. The number of aromatic nitrogens is 1. The minimum atomic E-state index is 0.553. The molecule has 2 aromatic rings. The monoisotopic (exact) mass is 364 g/mol. The molecule has 0 saturated heterocycles. The number of guanidine groups is 1. The molecule has 2 heterocycles. The van der Waals surface area contributed by atoms with E-state index in [1.165, 1.54) is 9.88 Å². The smallest absolute Gasteiger partial charge is 0.191 e. The number of hydrogen-bond donors (Lipinski definition) is 2. The molecule has 0 aromatic carbocycles. The molecule has 6 heteroatoms. The van der Waals surface area contributed by atoms with Gasteiger partial charge in [0.2, 0.25) is 0 Å². The molecule has 2 rings (SSSR count). The summed E-state index contributed by atoms with van der Waals surface area (Å²) in [5.41, 5.74) is 1.12. The second kappa shape index (κ2) is 10.5. The van der Waals surface area contributed by atoms with Crippen molar-refractivity contribution in [2.45, 2.75) is 40.0 Å². The van der Waals surface area contributed by atoms with Crippen LogP contribution in [-0.4, -0.2) is 30.6 Å². The molecule has 2 aromatic heterocycles. The minimum absolute atomic E-state index is 0.553. The van der Waals surface area contributed by atoms with Crippen LogP contribution in [0, 0.1) is 12.8 Å². The van der Waals surface area contributed by atoms with Gasteiger partial charge in [-0.15, -0.1) is 22.7 Å². The highest BCUT2D eigenvalue weighted by Gasteiger charge is 2.05. The molecule has 0 aliphatic rings. The van der Waals surface area contributed by atoms with Crippen LogP contribution in [0.3, 0.4) is 0 Å². The molecular formula is C18H28N4S2. The summed E-state index contributed by atoms with van der Waals surface area (Å²) in [5.74, 6) is 1.48. The van der Waals surface area contributed by atoms with Crippen LogP contribution in [-0.2, 0) is 12.8 Å². The zero-order chi connectivity index (χ0) is 17.2. The fourth-order valence-electron chi connectivity index (χ4n) is 2.39. The van der Waals surface area contributed by atoms with E-state index in [0.29, 0.717) is 5.92 Å². The van der Waals surface area contributed by atoms with Crippen molar-refractivity contribution in [2.75, 3.05) is 19.6 Å². The topological polar surface area (TPSA) is 49.3 Å². The van der Waals surface area contributed by atoms with Crippen molar-refractivity contribution in [2.24, 2.45) is 10.9 Å². The Balaban J connectivity index is 1.71. The van der Waals surface area contributed by atoms with E-state index in [9.17, 15) is 0 Å². The molecule has 0 spiro atoms. The second-order valence-corrected chi connectivity index (χ2v) is 8.00. The number of rotatable bonds is 9. The number of thiazole rings is 1. The third-order valence-corrected chi connectivity index (χ3v) is 5.49. The maximum Gasteiger partial charge on any atom is 0.191 e. The van der Waals surface area contributed by atoms with Gasteiger partial charge in [0.1, 0.15) is 0 Å². The van der Waals surface area contributed by atoms with Crippen LogP contribution in [0.4, 0.5) is 0 Å². The van der Waals surface area contributed by atoms with E-state index in [1.807, 2.05) is 18.3 Å². The van der Waals surface area contributed by atoms with Crippen molar-refractivity contribution in [3.8, 4) is 0 Å². The maximum absolute atomic E-state index is 4.73. The highest BCUT2D eigenvalue weighted by Crippen LogP contribution is 2.14. The summed E-state index contributed by atoms with van der Waals surface area (Å²) in [4.78, 5) is 10.7. The van der Waals surface area contributed by atoms with E-state index >= 15 is 0 Å². The average molecular weight is 365 g/mol. The van der Waals surface area contributed by atoms with Crippen LogP contribution in [0.5, 0.6) is 0 Å². The van der Waals surface area contributed by atoms with Crippen molar-refractivity contribution in [1.82, 2.24) is 15.6 Å². The Morgan fingerprint density at radius 1 is 1.33 bits per heavy atom. The summed E-state index contributed by atoms with van der Waals surface area (Å²) in [7, 11) is 0. The molecule has 24 heavy (non-hydrogen) atoms. The molecule has 0 aliphatic heterocycles. The van der Waals surface area contributed by atoms with E-state index in [4.69, 9.17) is 4.99 Å². The molecule has 4 nitrogen and oxygen atoms in total. The van der Waals surface area contributed by atoms with Gasteiger partial charge in [0, 0.05) is 42.0 Å². The Kier molecular flexibility index (Phi) is 8.25. The molecule has 0 amide bonds. The summed E-state index contributed by atoms with van der Waals surface area (Å²) in [6.45, 7) is 9.06. The highest BCUT2D eigenvalue weighted by atomic mass is 32.1. The van der Waals surface area contributed by atoms with Gasteiger partial charge in [-0.2, -0.15) is 0 Å². The van der Waals surface area contributed by atoms with Crippen LogP contribution in [0.1, 0.15) is 35.8 Å². The van der Waals surface area contributed by atoms with Crippen molar-refractivity contribution >= 4 is 28.6 Å². The van der Waals surface area contributed by atoms with Gasteiger partial charge < -0.3 is 10.6 Å². The Bertz CT molecular complexity index is 604. The molecule has 0 fully saturated rings. The molecule has 1 atom stereocenters. The molecule has 0 radical (unpaired) electrons. The fourth-order valence-corrected chi connectivity index (χ4v) is 4.08. The van der Waals surface area contributed by atoms with Gasteiger partial charge in [-0.1, -0.05) is 13.0 Å². The van der Waals surface area contributed by atoms with Gasteiger partial charge in [0.05, 0.1) is 5.01 Å². The van der Waals surface area contributed by atoms with Crippen LogP contribution >= 0.6 is 22.7 Å². The first-order valence-electron chi connectivity index (χ1n) is 8.63. The van der Waals surface area contributed by atoms with Crippen molar-refractivity contribution in [1.29, 1.82) is 0 Å². The Morgan fingerprint density at radius 2 is 2.21 bits per heavy atom. The predicted molar refractivity (Wildman–Crippen MR) is 106 cm³/mol. The summed E-state index contributed by atoms with van der Waals surface area (Å²) >= 11 is 3.58. The third kappa shape index (κ3) is 7.01. The van der Waals surface area contributed by atoms with E-state index in [0.717, 1.165) is 50.6 Å². The van der Waals surface area contributed by atoms with E-state index < -0.39 is 0 Å². The molecule has 2 N–H and O–H groups in total. The third-order valence-electron chi connectivity index (χ3n) is 3.56. The number of thiophene rings is 1. The lowest BCUT2D eigenvalue weighted by molar-refractivity contribution is 0.594. The number of nitrogens with zero attached hydrogens (tertiary/aromatic N) is 2. The number of aryl methyl sites for hydroxylation is 2. The maximum atomic E-state index is 4.73. The van der Waals surface area contributed by atoms with Crippen LogP contribution in [0.2, 0.25) is 0 Å². The first-order valence-corrected chi connectivity index (χ1v) is 10.4. The predicted octanol–water partition coefficient (Wildman–Crippen LogP) is 3.88. The largest absolute Gasteiger partial charge is 0.357 e. The van der Waals surface area contributed by atoms with Crippen LogP contribution < -0.4 is 10.6 Å². The molecule has 0 aliphatic carbocycles. The van der Waals surface area contributed by atoms with Gasteiger partial charge in [-0.3, -0.25) is 4.99 Å². The minimum Gasteiger partial charge on any atom is -0.357 e. The van der Waals surface area contributed by atoms with E-state index in [2.05, 4.69) is 52.4 Å². The van der Waals surface area contributed by atoms with Crippen molar-refractivity contribution in [3.05, 3.63) is 38.5 Å². The number of hydrogen-bond acceptors (Lipinski definition) is 4. The standard InChI is InChI=1S/C18H28N4S2/c1-4-19-18(20-9-5-8-17-22-15(3)13-24-17)21-12-14(2)11-16-7-6-10-23-16/h6-7,10,13-14H,4-5,8-9,11-12H2,1-3H3,(H2,19,20,21). The van der Waals surface area contributed by atoms with Crippen LogP contribution in [0.15, 0.2) is 27.9 Å². The van der Waals surface area contributed by atoms with Gasteiger partial charge >= 0.3 is 0 Å². The zero-order valence-electron chi connectivity index (χ0n) is 14.8. The summed E-state index contributed by atoms with van der Waals surface area (Å²) in [5, 5.41) is 12.2. The van der Waals surface area contributed by atoms with Gasteiger partial charge in [-0.05, 0) is 44.1 Å². The summed E-state index contributed by atoms with van der Waals surface area (Å²) in [6.07, 6.45) is 3.20. The Labute approximate surface area is 153 Å². The molecule has 0 saturated carbocycles. The fraction of sp³-hybridized carbons (Fsp3) is 0.556. The van der Waals surface area contributed by atoms with Gasteiger partial charge in [0.25, 0.3) is 0 Å². The summed E-state index contributed by atoms with van der Waals surface area (Å²) < 4.78 is 0. The molecular weight excluding hydrogens is 336 g/mol. The normalized spacial score (nSPS) is 13.0. The summed E-state index contributed by atoms with van der Waals surface area (Å²) in [6, 6.07) is 4.32. The van der Waals surface area contributed by atoms with Crippen molar-refractivity contribution < 1.29 is 0 Å². The quantitative estimate of drug-likeness (QED) is 0.403. The lowest BCUT2D eigenvalue weighted by atomic mass is 10.1. The molecule has 132 valence electrons. The molecule has 0 bridgehead atoms.